The van der Waals surface area contributed by atoms with Crippen molar-refractivity contribution in [3.05, 3.63) is 58.2 Å². The maximum atomic E-state index is 12.0. The fourth-order valence-corrected chi connectivity index (χ4v) is 6.04. The number of hydrogen-bond donors (Lipinski definition) is 0. The molecule has 32 heavy (non-hydrogen) atoms. The number of fused-ring (bicyclic) bond motifs is 1. The molecule has 1 atom stereocenters. The molecule has 1 saturated heterocycles. The highest BCUT2D eigenvalue weighted by atomic mass is 32.2. The smallest absolute Gasteiger partial charge is 0.289 e. The second-order valence-electron chi connectivity index (χ2n) is 10.7. The Balaban J connectivity index is 1.70. The van der Waals surface area contributed by atoms with E-state index < -0.39 is 5.60 Å². The summed E-state index contributed by atoms with van der Waals surface area (Å²) in [5.41, 5.74) is 6.14. The number of benzene rings is 1. The molecule has 0 bridgehead atoms. The third-order valence-electron chi connectivity index (χ3n) is 7.47. The van der Waals surface area contributed by atoms with Gasteiger partial charge in [0.15, 0.2) is 0 Å². The van der Waals surface area contributed by atoms with E-state index in [2.05, 4.69) is 58.9 Å². The van der Waals surface area contributed by atoms with Crippen molar-refractivity contribution in [3.63, 3.8) is 0 Å². The molecule has 4 nitrogen and oxygen atoms in total. The molecule has 1 aromatic rings. The van der Waals surface area contributed by atoms with Gasteiger partial charge in [-0.3, -0.25) is 14.5 Å². The van der Waals surface area contributed by atoms with Gasteiger partial charge < -0.3 is 4.74 Å². The number of imide groups is 1. The number of hydrogen-bond acceptors (Lipinski definition) is 4. The molecular formula is C27H35NO3S. The maximum absolute atomic E-state index is 12.0. The highest BCUT2D eigenvalue weighted by Crippen LogP contribution is 2.49. The molecule has 0 saturated carbocycles. The predicted molar refractivity (Wildman–Crippen MR) is 131 cm³/mol. The van der Waals surface area contributed by atoms with E-state index in [9.17, 15) is 9.59 Å². The van der Waals surface area contributed by atoms with Crippen LogP contribution in [0.25, 0.3) is 0 Å². The van der Waals surface area contributed by atoms with Crippen molar-refractivity contribution in [1.82, 2.24) is 4.90 Å². The Hall–Kier alpha value is -1.85. The van der Waals surface area contributed by atoms with Crippen LogP contribution in [-0.2, 0) is 26.0 Å². The topological polar surface area (TPSA) is 46.6 Å². The largest absolute Gasteiger partial charge is 0.366 e. The first-order chi connectivity index (χ1) is 15.0. The van der Waals surface area contributed by atoms with Gasteiger partial charge in [-0.05, 0) is 71.4 Å². The van der Waals surface area contributed by atoms with Crippen LogP contribution < -0.4 is 0 Å². The maximum Gasteiger partial charge on any atom is 0.289 e. The summed E-state index contributed by atoms with van der Waals surface area (Å²) in [7, 11) is 0. The van der Waals surface area contributed by atoms with Crippen LogP contribution in [-0.4, -0.2) is 35.0 Å². The Morgan fingerprint density at radius 3 is 2.22 bits per heavy atom. The fraction of sp³-hybridized carbons (Fsp3) is 0.556. The molecule has 5 heteroatoms. The van der Waals surface area contributed by atoms with Gasteiger partial charge in [0.05, 0.1) is 12.3 Å². The number of ether oxygens (including phenoxy) is 1. The highest BCUT2D eigenvalue weighted by Gasteiger charge is 2.41. The van der Waals surface area contributed by atoms with Crippen molar-refractivity contribution in [1.29, 1.82) is 0 Å². The van der Waals surface area contributed by atoms with Gasteiger partial charge in [0, 0.05) is 13.0 Å². The van der Waals surface area contributed by atoms with E-state index in [1.54, 1.807) is 0 Å². The zero-order valence-electron chi connectivity index (χ0n) is 20.2. The summed E-state index contributed by atoms with van der Waals surface area (Å²) >= 11 is 1.08. The Bertz CT molecular complexity index is 1000. The van der Waals surface area contributed by atoms with Gasteiger partial charge in [-0.1, -0.05) is 63.7 Å². The lowest BCUT2D eigenvalue weighted by Crippen LogP contribution is -2.36. The molecule has 1 unspecified atom stereocenters. The molecule has 0 N–H and O–H groups in total. The number of amides is 2. The summed E-state index contributed by atoms with van der Waals surface area (Å²) < 4.78 is 6.43. The highest BCUT2D eigenvalue weighted by molar-refractivity contribution is 8.14. The van der Waals surface area contributed by atoms with Crippen LogP contribution >= 0.6 is 11.8 Å². The lowest BCUT2D eigenvalue weighted by atomic mass is 9.62. The van der Waals surface area contributed by atoms with E-state index in [0.29, 0.717) is 19.6 Å². The summed E-state index contributed by atoms with van der Waals surface area (Å²) in [6.45, 7) is 14.6. The van der Waals surface area contributed by atoms with Crippen LogP contribution in [0.4, 0.5) is 4.79 Å². The molecule has 2 aliphatic carbocycles. The van der Waals surface area contributed by atoms with Crippen LogP contribution in [0.2, 0.25) is 0 Å². The van der Waals surface area contributed by atoms with Gasteiger partial charge in [0.1, 0.15) is 5.60 Å². The van der Waals surface area contributed by atoms with E-state index in [-0.39, 0.29) is 27.7 Å². The zero-order valence-corrected chi connectivity index (χ0v) is 21.0. The Morgan fingerprint density at radius 1 is 1.03 bits per heavy atom. The van der Waals surface area contributed by atoms with E-state index in [4.69, 9.17) is 4.74 Å². The summed E-state index contributed by atoms with van der Waals surface area (Å²) in [6.07, 6.45) is 9.37. The van der Waals surface area contributed by atoms with Gasteiger partial charge in [-0.2, -0.15) is 0 Å². The number of aryl methyl sites for hydroxylation is 1. The van der Waals surface area contributed by atoms with Gasteiger partial charge in [0.25, 0.3) is 5.24 Å². The van der Waals surface area contributed by atoms with Crippen molar-refractivity contribution < 1.29 is 14.3 Å². The molecule has 4 rings (SSSR count). The summed E-state index contributed by atoms with van der Waals surface area (Å²) in [5, 5.41) is -0.152. The molecule has 3 aliphatic rings. The third kappa shape index (κ3) is 3.99. The van der Waals surface area contributed by atoms with E-state index in [1.165, 1.54) is 40.0 Å². The van der Waals surface area contributed by atoms with Crippen molar-refractivity contribution in [2.45, 2.75) is 77.2 Å². The lowest BCUT2D eigenvalue weighted by molar-refractivity contribution is -0.124. The number of nitrogens with zero attached hydrogens (tertiary/aromatic N) is 1. The molecule has 0 spiro atoms. The summed E-state index contributed by atoms with van der Waals surface area (Å²) in [6, 6.07) is 4.78. The normalized spacial score (nSPS) is 26.3. The van der Waals surface area contributed by atoms with Crippen LogP contribution in [0.1, 0.15) is 76.1 Å². The average molecular weight is 454 g/mol. The first-order valence-electron chi connectivity index (χ1n) is 11.6. The lowest BCUT2D eigenvalue weighted by Gasteiger charge is -2.44. The SMILES string of the molecule is CCOC1(c2cc3c(cc2C)C(C)(C)CCC3(C)C)C=CC(CN2C(=O)CSC2=O)=CC1. The number of rotatable bonds is 5. The van der Waals surface area contributed by atoms with Gasteiger partial charge in [-0.25, -0.2) is 0 Å². The first-order valence-corrected chi connectivity index (χ1v) is 12.6. The van der Waals surface area contributed by atoms with Crippen molar-refractivity contribution >= 4 is 22.9 Å². The van der Waals surface area contributed by atoms with Crippen molar-refractivity contribution in [2.75, 3.05) is 18.9 Å². The minimum atomic E-state index is -0.525. The summed E-state index contributed by atoms with van der Waals surface area (Å²) in [4.78, 5) is 25.4. The average Bonchev–Trinajstić information content (AvgIpc) is 3.05. The Kier molecular flexibility index (Phi) is 5.96. The number of carbonyl (C=O) groups is 2. The van der Waals surface area contributed by atoms with Crippen LogP contribution in [0.5, 0.6) is 0 Å². The quantitative estimate of drug-likeness (QED) is 0.536. The van der Waals surface area contributed by atoms with Crippen molar-refractivity contribution in [2.24, 2.45) is 0 Å². The minimum Gasteiger partial charge on any atom is -0.366 e. The van der Waals surface area contributed by atoms with Crippen LogP contribution in [0, 0.1) is 6.92 Å². The molecular weight excluding hydrogens is 418 g/mol. The second kappa shape index (κ2) is 8.18. The molecule has 0 aromatic heterocycles. The molecule has 1 heterocycles. The van der Waals surface area contributed by atoms with Gasteiger partial charge in [-0.15, -0.1) is 0 Å². The second-order valence-corrected chi connectivity index (χ2v) is 11.6. The molecule has 1 fully saturated rings. The standard InChI is InChI=1S/C27H35NO3S/c1-7-31-27(10-8-19(9-11-27)16-28-23(29)17-32-24(28)30)20-15-22-21(14-18(20)2)25(3,4)12-13-26(22,5)6/h8-10,14-15H,7,11-13,16-17H2,1-6H3. The van der Waals surface area contributed by atoms with Crippen LogP contribution in [0.15, 0.2) is 35.9 Å². The fourth-order valence-electron chi connectivity index (χ4n) is 5.31. The van der Waals surface area contributed by atoms with Crippen molar-refractivity contribution in [3.8, 4) is 0 Å². The Labute approximate surface area is 196 Å². The number of thioether (sulfide) groups is 1. The van der Waals surface area contributed by atoms with E-state index in [0.717, 1.165) is 17.3 Å². The monoisotopic (exact) mass is 453 g/mol. The van der Waals surface area contributed by atoms with Gasteiger partial charge in [0.2, 0.25) is 5.91 Å². The minimum absolute atomic E-state index is 0.105. The van der Waals surface area contributed by atoms with E-state index in [1.807, 2.05) is 13.0 Å². The number of carbonyl (C=O) groups excluding carboxylic acids is 2. The van der Waals surface area contributed by atoms with Gasteiger partial charge >= 0.3 is 0 Å². The third-order valence-corrected chi connectivity index (χ3v) is 8.33. The summed E-state index contributed by atoms with van der Waals surface area (Å²) in [5.74, 6) is 0.144. The molecule has 0 radical (unpaired) electrons. The molecule has 1 aromatic carbocycles. The van der Waals surface area contributed by atoms with E-state index >= 15 is 0 Å². The molecule has 172 valence electrons. The molecule has 1 aliphatic heterocycles. The first kappa shape index (κ1) is 23.3. The van der Waals surface area contributed by atoms with Crippen LogP contribution in [0.3, 0.4) is 0 Å². The Morgan fingerprint density at radius 2 is 1.69 bits per heavy atom. The molecule has 2 amide bonds. The predicted octanol–water partition coefficient (Wildman–Crippen LogP) is 6.16. The zero-order chi connectivity index (χ0) is 23.3.